The average molecular weight is 402 g/mol. The molecule has 0 bridgehead atoms. The number of benzene rings is 1. The van der Waals surface area contributed by atoms with Crippen molar-refractivity contribution in [2.75, 3.05) is 20.8 Å². The van der Waals surface area contributed by atoms with Crippen molar-refractivity contribution in [2.45, 2.75) is 39.8 Å². The fourth-order valence-corrected chi connectivity index (χ4v) is 3.00. The van der Waals surface area contributed by atoms with E-state index in [4.69, 9.17) is 14.2 Å². The Balaban J connectivity index is 2.87. The van der Waals surface area contributed by atoms with E-state index in [2.05, 4.69) is 15.9 Å². The second-order valence-corrected chi connectivity index (χ2v) is 6.55. The minimum absolute atomic E-state index is 0.0315. The smallest absolute Gasteiger partial charge is 0.338 e. The van der Waals surface area contributed by atoms with Crippen LogP contribution in [0.2, 0.25) is 0 Å². The van der Waals surface area contributed by atoms with E-state index in [1.165, 1.54) is 26.4 Å². The lowest BCUT2D eigenvalue weighted by Gasteiger charge is -2.30. The van der Waals surface area contributed by atoms with E-state index in [0.717, 1.165) is 0 Å². The van der Waals surface area contributed by atoms with E-state index in [0.29, 0.717) is 16.0 Å². The average Bonchev–Trinajstić information content (AvgIpc) is 2.52. The van der Waals surface area contributed by atoms with Crippen LogP contribution in [-0.4, -0.2) is 49.7 Å². The highest BCUT2D eigenvalue weighted by atomic mass is 79.9. The van der Waals surface area contributed by atoms with Crippen LogP contribution in [0.25, 0.3) is 0 Å². The zero-order chi connectivity index (χ0) is 18.4. The SMILES string of the molecule is COc1cc(C(=O)OCC(=O)N(C(C)C)C(C)C)cc(OC)c1Br. The van der Waals surface area contributed by atoms with Crippen LogP contribution in [-0.2, 0) is 9.53 Å². The van der Waals surface area contributed by atoms with Gasteiger partial charge in [-0.25, -0.2) is 4.79 Å². The molecule has 0 aromatic heterocycles. The van der Waals surface area contributed by atoms with E-state index in [9.17, 15) is 9.59 Å². The van der Waals surface area contributed by atoms with Gasteiger partial charge in [-0.1, -0.05) is 0 Å². The maximum atomic E-state index is 12.3. The Labute approximate surface area is 151 Å². The summed E-state index contributed by atoms with van der Waals surface area (Å²) < 4.78 is 16.1. The lowest BCUT2D eigenvalue weighted by atomic mass is 10.2. The number of nitrogens with zero attached hydrogens (tertiary/aromatic N) is 1. The van der Waals surface area contributed by atoms with Gasteiger partial charge in [0, 0.05) is 12.1 Å². The van der Waals surface area contributed by atoms with Crippen molar-refractivity contribution in [3.05, 3.63) is 22.2 Å². The zero-order valence-corrected chi connectivity index (χ0v) is 16.5. The molecule has 0 atom stereocenters. The Hall–Kier alpha value is -1.76. The summed E-state index contributed by atoms with van der Waals surface area (Å²) in [6.07, 6.45) is 0. The molecule has 7 heteroatoms. The van der Waals surface area contributed by atoms with Crippen LogP contribution in [0, 0.1) is 0 Å². The van der Waals surface area contributed by atoms with Gasteiger partial charge in [-0.3, -0.25) is 4.79 Å². The maximum absolute atomic E-state index is 12.3. The highest BCUT2D eigenvalue weighted by Gasteiger charge is 2.22. The van der Waals surface area contributed by atoms with Crippen LogP contribution in [0.15, 0.2) is 16.6 Å². The van der Waals surface area contributed by atoms with Gasteiger partial charge in [0.15, 0.2) is 6.61 Å². The number of carbonyl (C=O) groups is 2. The predicted molar refractivity (Wildman–Crippen MR) is 94.6 cm³/mol. The molecule has 0 aliphatic carbocycles. The topological polar surface area (TPSA) is 65.1 Å². The van der Waals surface area contributed by atoms with Crippen molar-refractivity contribution in [1.82, 2.24) is 4.90 Å². The number of carbonyl (C=O) groups excluding carboxylic acids is 2. The van der Waals surface area contributed by atoms with Crippen molar-refractivity contribution >= 4 is 27.8 Å². The summed E-state index contributed by atoms with van der Waals surface area (Å²) in [6.45, 7) is 7.37. The number of esters is 1. The van der Waals surface area contributed by atoms with E-state index in [1.54, 1.807) is 4.90 Å². The third-order valence-electron chi connectivity index (χ3n) is 3.41. The van der Waals surface area contributed by atoms with Gasteiger partial charge in [0.25, 0.3) is 5.91 Å². The molecule has 6 nitrogen and oxygen atoms in total. The van der Waals surface area contributed by atoms with E-state index < -0.39 is 5.97 Å². The predicted octanol–water partition coefficient (Wildman–Crippen LogP) is 3.27. The van der Waals surface area contributed by atoms with Gasteiger partial charge in [-0.05, 0) is 55.8 Å². The Morgan fingerprint density at radius 1 is 1.04 bits per heavy atom. The van der Waals surface area contributed by atoms with Gasteiger partial charge in [0.05, 0.1) is 19.8 Å². The lowest BCUT2D eigenvalue weighted by Crippen LogP contribution is -2.44. The quantitative estimate of drug-likeness (QED) is 0.655. The summed E-state index contributed by atoms with van der Waals surface area (Å²) in [4.78, 5) is 26.2. The van der Waals surface area contributed by atoms with Crippen molar-refractivity contribution in [2.24, 2.45) is 0 Å². The Kier molecular flexibility index (Phi) is 7.54. The van der Waals surface area contributed by atoms with Crippen LogP contribution in [0.5, 0.6) is 11.5 Å². The molecule has 0 radical (unpaired) electrons. The molecule has 0 aliphatic rings. The molecule has 0 N–H and O–H groups in total. The lowest BCUT2D eigenvalue weighted by molar-refractivity contribution is -0.138. The molecule has 24 heavy (non-hydrogen) atoms. The first-order chi connectivity index (χ1) is 11.2. The molecule has 1 amide bonds. The number of ether oxygens (including phenoxy) is 3. The summed E-state index contributed by atoms with van der Waals surface area (Å²) >= 11 is 3.34. The normalized spacial score (nSPS) is 10.7. The number of methoxy groups -OCH3 is 2. The molecular formula is C17H24BrNO5. The summed E-state index contributed by atoms with van der Waals surface area (Å²) in [5.41, 5.74) is 0.250. The minimum atomic E-state index is -0.611. The van der Waals surface area contributed by atoms with Gasteiger partial charge >= 0.3 is 5.97 Å². The number of hydrogen-bond acceptors (Lipinski definition) is 5. The second-order valence-electron chi connectivity index (χ2n) is 5.76. The van der Waals surface area contributed by atoms with Gasteiger partial charge in [-0.2, -0.15) is 0 Å². The van der Waals surface area contributed by atoms with E-state index in [-0.39, 0.29) is 30.2 Å². The highest BCUT2D eigenvalue weighted by Crippen LogP contribution is 2.35. The highest BCUT2D eigenvalue weighted by molar-refractivity contribution is 9.10. The molecule has 1 rings (SSSR count). The first kappa shape index (κ1) is 20.3. The van der Waals surface area contributed by atoms with E-state index >= 15 is 0 Å². The summed E-state index contributed by atoms with van der Waals surface area (Å²) in [5.74, 6) is 0.0431. The minimum Gasteiger partial charge on any atom is -0.495 e. The largest absolute Gasteiger partial charge is 0.495 e. The van der Waals surface area contributed by atoms with Gasteiger partial charge in [-0.15, -0.1) is 0 Å². The monoisotopic (exact) mass is 401 g/mol. The van der Waals surface area contributed by atoms with Crippen molar-refractivity contribution in [1.29, 1.82) is 0 Å². The van der Waals surface area contributed by atoms with Gasteiger partial charge < -0.3 is 19.1 Å². The summed E-state index contributed by atoms with van der Waals surface area (Å²) in [6, 6.07) is 3.12. The van der Waals surface area contributed by atoms with Crippen LogP contribution < -0.4 is 9.47 Å². The molecule has 0 unspecified atom stereocenters. The van der Waals surface area contributed by atoms with Gasteiger partial charge in [0.1, 0.15) is 16.0 Å². The first-order valence-corrected chi connectivity index (χ1v) is 8.42. The van der Waals surface area contributed by atoms with E-state index in [1.807, 2.05) is 27.7 Å². The molecule has 0 fully saturated rings. The van der Waals surface area contributed by atoms with Crippen LogP contribution in [0.3, 0.4) is 0 Å². The van der Waals surface area contributed by atoms with Gasteiger partial charge in [0.2, 0.25) is 0 Å². The summed E-state index contributed by atoms with van der Waals surface area (Å²) in [7, 11) is 2.97. The van der Waals surface area contributed by atoms with Crippen LogP contribution in [0.4, 0.5) is 0 Å². The van der Waals surface area contributed by atoms with Crippen molar-refractivity contribution in [3.8, 4) is 11.5 Å². The number of halogens is 1. The fraction of sp³-hybridized carbons (Fsp3) is 0.529. The number of hydrogen-bond donors (Lipinski definition) is 0. The van der Waals surface area contributed by atoms with Crippen LogP contribution in [0.1, 0.15) is 38.1 Å². The third kappa shape index (κ3) is 4.87. The zero-order valence-electron chi connectivity index (χ0n) is 14.9. The molecule has 0 saturated carbocycles. The molecule has 1 aromatic carbocycles. The standard InChI is InChI=1S/C17H24BrNO5/c1-10(2)19(11(3)4)15(20)9-24-17(21)12-7-13(22-5)16(18)14(8-12)23-6/h7-8,10-11H,9H2,1-6H3. The van der Waals surface area contributed by atoms with Crippen LogP contribution >= 0.6 is 15.9 Å². The Morgan fingerprint density at radius 3 is 1.88 bits per heavy atom. The first-order valence-electron chi connectivity index (χ1n) is 7.62. The number of amides is 1. The molecule has 134 valence electrons. The Bertz CT molecular complexity index is 568. The van der Waals surface area contributed by atoms with Crippen molar-refractivity contribution in [3.63, 3.8) is 0 Å². The summed E-state index contributed by atoms with van der Waals surface area (Å²) in [5, 5.41) is 0. The molecule has 0 heterocycles. The Morgan fingerprint density at radius 2 is 1.50 bits per heavy atom. The fourth-order valence-electron chi connectivity index (χ4n) is 2.44. The third-order valence-corrected chi connectivity index (χ3v) is 4.19. The molecule has 0 aliphatic heterocycles. The molecule has 1 aromatic rings. The van der Waals surface area contributed by atoms with Crippen molar-refractivity contribution < 1.29 is 23.8 Å². The maximum Gasteiger partial charge on any atom is 0.338 e. The second kappa shape index (κ2) is 8.92. The molecular weight excluding hydrogens is 378 g/mol. The number of rotatable bonds is 7. The molecule has 0 spiro atoms. The molecule has 0 saturated heterocycles.